The molecule has 1 aliphatic rings. The minimum Gasteiger partial charge on any atom is -0.368 e. The molecule has 0 spiro atoms. The zero-order chi connectivity index (χ0) is 16.4. The normalized spacial score (nSPS) is 14.9. The summed E-state index contributed by atoms with van der Waals surface area (Å²) >= 11 is 0. The Morgan fingerprint density at radius 2 is 1.78 bits per heavy atom. The molecule has 0 radical (unpaired) electrons. The van der Waals surface area contributed by atoms with Gasteiger partial charge in [-0.2, -0.15) is 0 Å². The number of carbonyl (C=O) groups is 1. The second-order valence-electron chi connectivity index (χ2n) is 5.94. The highest BCUT2D eigenvalue weighted by atomic mass is 16.2. The van der Waals surface area contributed by atoms with Crippen LogP contribution < -0.4 is 10.5 Å². The molecule has 3 rings (SSSR count). The van der Waals surface area contributed by atoms with Crippen LogP contribution in [0.15, 0.2) is 41.3 Å². The first kappa shape index (κ1) is 15.3. The van der Waals surface area contributed by atoms with Crippen LogP contribution in [0.1, 0.15) is 21.5 Å². The number of aryl methyl sites for hydroxylation is 1. The molecule has 1 amide bonds. The van der Waals surface area contributed by atoms with E-state index in [1.54, 1.807) is 6.07 Å². The average Bonchev–Trinajstić information content (AvgIpc) is 2.58. The molecule has 1 aromatic carbocycles. The summed E-state index contributed by atoms with van der Waals surface area (Å²) in [5.41, 5.74) is 4.18. The maximum atomic E-state index is 12.5. The van der Waals surface area contributed by atoms with E-state index in [9.17, 15) is 9.59 Å². The summed E-state index contributed by atoms with van der Waals surface area (Å²) in [5.74, 6) is -0.0261. The van der Waals surface area contributed by atoms with Gasteiger partial charge in [-0.15, -0.1) is 0 Å². The van der Waals surface area contributed by atoms with E-state index in [2.05, 4.69) is 41.9 Å². The number of hydrogen-bond donors (Lipinski definition) is 1. The SMILES string of the molecule is Cc1cccc(N2CCN(C(=O)c3ccc(=O)[nH]c3)CC2)c1C. The van der Waals surface area contributed by atoms with E-state index in [1.165, 1.54) is 29.1 Å². The van der Waals surface area contributed by atoms with Crippen LogP contribution in [0.2, 0.25) is 0 Å². The Bertz CT molecular complexity index is 754. The number of pyridine rings is 1. The standard InChI is InChI=1S/C18H21N3O2/c1-13-4-3-5-16(14(13)2)20-8-10-21(11-9-20)18(23)15-6-7-17(22)19-12-15/h3-7,12H,8-11H2,1-2H3,(H,19,22). The van der Waals surface area contributed by atoms with E-state index in [0.717, 1.165) is 13.1 Å². The number of nitrogens with one attached hydrogen (secondary N) is 1. The van der Waals surface area contributed by atoms with E-state index in [4.69, 9.17) is 0 Å². The number of aromatic amines is 1. The first-order valence-electron chi connectivity index (χ1n) is 7.85. The Kier molecular flexibility index (Phi) is 4.19. The summed E-state index contributed by atoms with van der Waals surface area (Å²) in [6.07, 6.45) is 1.49. The Morgan fingerprint density at radius 1 is 1.04 bits per heavy atom. The Labute approximate surface area is 135 Å². The maximum absolute atomic E-state index is 12.5. The number of anilines is 1. The van der Waals surface area contributed by atoms with Crippen molar-refractivity contribution in [2.75, 3.05) is 31.1 Å². The van der Waals surface area contributed by atoms with Crippen molar-refractivity contribution in [3.05, 3.63) is 63.6 Å². The fourth-order valence-corrected chi connectivity index (χ4v) is 2.95. The van der Waals surface area contributed by atoms with Crippen molar-refractivity contribution >= 4 is 11.6 Å². The van der Waals surface area contributed by atoms with Crippen LogP contribution >= 0.6 is 0 Å². The summed E-state index contributed by atoms with van der Waals surface area (Å²) in [4.78, 5) is 30.3. The molecule has 5 nitrogen and oxygen atoms in total. The van der Waals surface area contributed by atoms with Crippen molar-refractivity contribution in [1.82, 2.24) is 9.88 Å². The van der Waals surface area contributed by atoms with Gasteiger partial charge in [0.15, 0.2) is 0 Å². The predicted molar refractivity (Wildman–Crippen MR) is 91.1 cm³/mol. The number of H-pyrrole nitrogens is 1. The zero-order valence-electron chi connectivity index (χ0n) is 13.5. The number of benzene rings is 1. The van der Waals surface area contributed by atoms with Crippen LogP contribution in [0.4, 0.5) is 5.69 Å². The van der Waals surface area contributed by atoms with Crippen LogP contribution in [0.5, 0.6) is 0 Å². The van der Waals surface area contributed by atoms with Crippen LogP contribution in [-0.2, 0) is 0 Å². The molecule has 2 aromatic rings. The molecule has 0 saturated carbocycles. The molecule has 1 fully saturated rings. The van der Waals surface area contributed by atoms with E-state index in [1.807, 2.05) is 4.90 Å². The van der Waals surface area contributed by atoms with Crippen LogP contribution in [0.3, 0.4) is 0 Å². The summed E-state index contributed by atoms with van der Waals surface area (Å²) in [6, 6.07) is 9.31. The number of nitrogens with zero attached hydrogens (tertiary/aromatic N) is 2. The van der Waals surface area contributed by atoms with Crippen molar-refractivity contribution < 1.29 is 4.79 Å². The molecular formula is C18H21N3O2. The zero-order valence-corrected chi connectivity index (χ0v) is 13.5. The lowest BCUT2D eigenvalue weighted by molar-refractivity contribution is 0.0746. The lowest BCUT2D eigenvalue weighted by atomic mass is 10.1. The van der Waals surface area contributed by atoms with Crippen molar-refractivity contribution in [2.45, 2.75) is 13.8 Å². The largest absolute Gasteiger partial charge is 0.368 e. The first-order chi connectivity index (χ1) is 11.1. The molecule has 1 N–H and O–H groups in total. The minimum absolute atomic E-state index is 0.0261. The Hall–Kier alpha value is -2.56. The van der Waals surface area contributed by atoms with Gasteiger partial charge in [0.25, 0.3) is 5.91 Å². The van der Waals surface area contributed by atoms with Gasteiger partial charge in [-0.3, -0.25) is 9.59 Å². The van der Waals surface area contributed by atoms with E-state index in [-0.39, 0.29) is 11.5 Å². The van der Waals surface area contributed by atoms with Crippen molar-refractivity contribution in [1.29, 1.82) is 0 Å². The van der Waals surface area contributed by atoms with Gasteiger partial charge in [-0.25, -0.2) is 0 Å². The van der Waals surface area contributed by atoms with E-state index in [0.29, 0.717) is 18.7 Å². The molecular weight excluding hydrogens is 290 g/mol. The molecule has 120 valence electrons. The molecule has 0 atom stereocenters. The van der Waals surface area contributed by atoms with Crippen LogP contribution in [-0.4, -0.2) is 42.0 Å². The monoisotopic (exact) mass is 311 g/mol. The average molecular weight is 311 g/mol. The first-order valence-corrected chi connectivity index (χ1v) is 7.85. The van der Waals surface area contributed by atoms with E-state index < -0.39 is 0 Å². The molecule has 2 heterocycles. The fraction of sp³-hybridized carbons (Fsp3) is 0.333. The second-order valence-corrected chi connectivity index (χ2v) is 5.94. The summed E-state index contributed by atoms with van der Waals surface area (Å²) in [7, 11) is 0. The quantitative estimate of drug-likeness (QED) is 0.922. The lowest BCUT2D eigenvalue weighted by Gasteiger charge is -2.37. The van der Waals surface area contributed by atoms with Gasteiger partial charge in [-0.1, -0.05) is 12.1 Å². The number of carbonyl (C=O) groups excluding carboxylic acids is 1. The molecule has 1 aliphatic heterocycles. The highest BCUT2D eigenvalue weighted by Gasteiger charge is 2.23. The number of rotatable bonds is 2. The molecule has 1 aromatic heterocycles. The maximum Gasteiger partial charge on any atom is 0.255 e. The number of hydrogen-bond acceptors (Lipinski definition) is 3. The molecule has 0 aliphatic carbocycles. The number of amides is 1. The van der Waals surface area contributed by atoms with E-state index >= 15 is 0 Å². The minimum atomic E-state index is -0.193. The van der Waals surface area contributed by atoms with Crippen LogP contribution in [0, 0.1) is 13.8 Å². The van der Waals surface area contributed by atoms with Gasteiger partial charge in [0.1, 0.15) is 0 Å². The van der Waals surface area contributed by atoms with Gasteiger partial charge in [0.05, 0.1) is 5.56 Å². The lowest BCUT2D eigenvalue weighted by Crippen LogP contribution is -2.49. The third kappa shape index (κ3) is 3.13. The topological polar surface area (TPSA) is 56.4 Å². The van der Waals surface area contributed by atoms with Gasteiger partial charge >= 0.3 is 0 Å². The second kappa shape index (κ2) is 6.28. The smallest absolute Gasteiger partial charge is 0.255 e. The molecule has 0 bridgehead atoms. The van der Waals surface area contributed by atoms with Crippen molar-refractivity contribution in [3.63, 3.8) is 0 Å². The summed E-state index contributed by atoms with van der Waals surface area (Å²) in [6.45, 7) is 7.27. The van der Waals surface area contributed by atoms with Gasteiger partial charge < -0.3 is 14.8 Å². The van der Waals surface area contributed by atoms with Gasteiger partial charge in [-0.05, 0) is 37.1 Å². The third-order valence-corrected chi connectivity index (χ3v) is 4.51. The van der Waals surface area contributed by atoms with Crippen molar-refractivity contribution in [2.24, 2.45) is 0 Å². The number of aromatic nitrogens is 1. The highest BCUT2D eigenvalue weighted by Crippen LogP contribution is 2.24. The third-order valence-electron chi connectivity index (χ3n) is 4.51. The highest BCUT2D eigenvalue weighted by molar-refractivity contribution is 5.94. The predicted octanol–water partition coefficient (Wildman–Crippen LogP) is 1.95. The van der Waals surface area contributed by atoms with Gasteiger partial charge in [0.2, 0.25) is 5.56 Å². The van der Waals surface area contributed by atoms with Gasteiger partial charge in [0, 0.05) is 44.1 Å². The van der Waals surface area contributed by atoms with Crippen LogP contribution in [0.25, 0.3) is 0 Å². The summed E-state index contributed by atoms with van der Waals surface area (Å²) < 4.78 is 0. The molecule has 5 heteroatoms. The Morgan fingerprint density at radius 3 is 2.43 bits per heavy atom. The Balaban J connectivity index is 1.68. The van der Waals surface area contributed by atoms with Crippen molar-refractivity contribution in [3.8, 4) is 0 Å². The molecule has 0 unspecified atom stereocenters. The molecule has 23 heavy (non-hydrogen) atoms. The molecule has 1 saturated heterocycles. The summed E-state index contributed by atoms with van der Waals surface area (Å²) in [5, 5.41) is 0. The number of piperazine rings is 1. The fourth-order valence-electron chi connectivity index (χ4n) is 2.95.